The van der Waals surface area contributed by atoms with Crippen molar-refractivity contribution in [3.05, 3.63) is 36.3 Å². The zero-order chi connectivity index (χ0) is 24.3. The number of nitrogens with one attached hydrogen (secondary N) is 1. The predicted octanol–water partition coefficient (Wildman–Crippen LogP) is 3.46. The fraction of sp³-hybridized carbons (Fsp3) is 0.500. The van der Waals surface area contributed by atoms with Gasteiger partial charge in [-0.25, -0.2) is 19.2 Å². The van der Waals surface area contributed by atoms with Gasteiger partial charge in [-0.1, -0.05) is 12.1 Å². The van der Waals surface area contributed by atoms with Crippen molar-refractivity contribution in [3.63, 3.8) is 0 Å². The van der Waals surface area contributed by atoms with E-state index in [-0.39, 0.29) is 30.3 Å². The van der Waals surface area contributed by atoms with E-state index in [4.69, 9.17) is 9.47 Å². The molecule has 34 heavy (non-hydrogen) atoms. The molecule has 2 fully saturated rings. The van der Waals surface area contributed by atoms with E-state index in [0.29, 0.717) is 56.3 Å². The fourth-order valence-corrected chi connectivity index (χ4v) is 3.97. The summed E-state index contributed by atoms with van der Waals surface area (Å²) in [5, 5.41) is 3.26. The zero-order valence-electron chi connectivity index (χ0n) is 19.7. The molecular weight excluding hydrogens is 441 g/mol. The molecule has 182 valence electrons. The minimum atomic E-state index is -0.546. The molecule has 0 unspecified atom stereocenters. The summed E-state index contributed by atoms with van der Waals surface area (Å²) in [4.78, 5) is 36.3. The lowest BCUT2D eigenvalue weighted by molar-refractivity contribution is -0.125. The van der Waals surface area contributed by atoms with Gasteiger partial charge in [0, 0.05) is 36.9 Å². The molecule has 1 N–H and O–H groups in total. The Labute approximate surface area is 198 Å². The van der Waals surface area contributed by atoms with E-state index in [2.05, 4.69) is 15.3 Å². The standard InChI is InChI=1S/C24H30FN5O4/c1-24(2,3)34-23(32)29-9-7-17(8-10-29)27-22-26-14-19(25)21(28-22)16-5-4-6-18(13-16)30-11-12-33-15-20(30)31/h4-6,13-14,17H,7-12,15H2,1-3H3,(H,26,27,28). The third-order valence-electron chi connectivity index (χ3n) is 5.64. The molecule has 0 radical (unpaired) electrons. The third kappa shape index (κ3) is 5.80. The number of piperidine rings is 1. The number of amides is 2. The van der Waals surface area contributed by atoms with Crippen molar-refractivity contribution in [1.82, 2.24) is 14.9 Å². The molecule has 9 nitrogen and oxygen atoms in total. The van der Waals surface area contributed by atoms with Crippen LogP contribution in [0.15, 0.2) is 30.5 Å². The molecule has 3 heterocycles. The minimum absolute atomic E-state index is 0.0346. The second-order valence-corrected chi connectivity index (χ2v) is 9.42. The lowest BCUT2D eigenvalue weighted by atomic mass is 10.1. The first kappa shape index (κ1) is 23.9. The highest BCUT2D eigenvalue weighted by atomic mass is 19.1. The zero-order valence-corrected chi connectivity index (χ0v) is 19.7. The number of nitrogens with zero attached hydrogens (tertiary/aromatic N) is 4. The smallest absolute Gasteiger partial charge is 0.410 e. The molecule has 2 aromatic rings. The molecule has 2 amide bonds. The van der Waals surface area contributed by atoms with Crippen molar-refractivity contribution in [2.24, 2.45) is 0 Å². The highest BCUT2D eigenvalue weighted by Crippen LogP contribution is 2.27. The number of benzene rings is 1. The van der Waals surface area contributed by atoms with Crippen molar-refractivity contribution in [2.45, 2.75) is 45.3 Å². The van der Waals surface area contributed by atoms with Crippen LogP contribution in [0.2, 0.25) is 0 Å². The van der Waals surface area contributed by atoms with Gasteiger partial charge in [0.2, 0.25) is 5.95 Å². The topological polar surface area (TPSA) is 96.9 Å². The third-order valence-corrected chi connectivity index (χ3v) is 5.64. The Morgan fingerprint density at radius 1 is 1.24 bits per heavy atom. The van der Waals surface area contributed by atoms with Crippen LogP contribution in [-0.4, -0.2) is 71.4 Å². The van der Waals surface area contributed by atoms with Crippen LogP contribution in [0.3, 0.4) is 0 Å². The van der Waals surface area contributed by atoms with Crippen LogP contribution in [0.5, 0.6) is 0 Å². The molecule has 0 atom stereocenters. The Morgan fingerprint density at radius 2 is 2.00 bits per heavy atom. The quantitative estimate of drug-likeness (QED) is 0.729. The number of rotatable bonds is 4. The Morgan fingerprint density at radius 3 is 2.71 bits per heavy atom. The summed E-state index contributed by atoms with van der Waals surface area (Å²) in [5.41, 5.74) is 0.857. The van der Waals surface area contributed by atoms with Gasteiger partial charge in [-0.05, 0) is 45.7 Å². The number of hydrogen-bond acceptors (Lipinski definition) is 7. The Hall–Kier alpha value is -3.27. The molecule has 2 saturated heterocycles. The highest BCUT2D eigenvalue weighted by molar-refractivity contribution is 5.95. The Balaban J connectivity index is 1.43. The monoisotopic (exact) mass is 471 g/mol. The van der Waals surface area contributed by atoms with Crippen molar-refractivity contribution in [2.75, 3.05) is 43.1 Å². The molecule has 0 bridgehead atoms. The number of aromatic nitrogens is 2. The van der Waals surface area contributed by atoms with E-state index in [0.717, 1.165) is 6.20 Å². The molecule has 2 aliphatic rings. The second kappa shape index (κ2) is 9.92. The van der Waals surface area contributed by atoms with E-state index in [1.807, 2.05) is 26.8 Å². The van der Waals surface area contributed by atoms with Crippen LogP contribution in [0, 0.1) is 5.82 Å². The predicted molar refractivity (Wildman–Crippen MR) is 125 cm³/mol. The lowest BCUT2D eigenvalue weighted by Gasteiger charge is -2.33. The van der Waals surface area contributed by atoms with Gasteiger partial charge in [0.25, 0.3) is 5.91 Å². The van der Waals surface area contributed by atoms with Crippen LogP contribution in [0.4, 0.5) is 20.8 Å². The van der Waals surface area contributed by atoms with E-state index in [9.17, 15) is 14.0 Å². The van der Waals surface area contributed by atoms with Crippen LogP contribution in [-0.2, 0) is 14.3 Å². The van der Waals surface area contributed by atoms with Gasteiger partial charge in [-0.2, -0.15) is 0 Å². The average Bonchev–Trinajstić information content (AvgIpc) is 2.80. The van der Waals surface area contributed by atoms with Gasteiger partial charge in [0.1, 0.15) is 17.9 Å². The van der Waals surface area contributed by atoms with Crippen LogP contribution < -0.4 is 10.2 Å². The summed E-state index contributed by atoms with van der Waals surface area (Å²) in [5.74, 6) is -0.359. The summed E-state index contributed by atoms with van der Waals surface area (Å²) in [6, 6.07) is 7.13. The van der Waals surface area contributed by atoms with Gasteiger partial charge < -0.3 is 24.6 Å². The number of ether oxygens (including phenoxy) is 2. The van der Waals surface area contributed by atoms with Gasteiger partial charge in [-0.3, -0.25) is 4.79 Å². The molecule has 1 aromatic carbocycles. The molecule has 10 heteroatoms. The summed E-state index contributed by atoms with van der Waals surface area (Å²) in [6.07, 6.45) is 2.23. The summed E-state index contributed by atoms with van der Waals surface area (Å²) in [7, 11) is 0. The molecule has 4 rings (SSSR count). The van der Waals surface area contributed by atoms with Gasteiger partial charge in [0.15, 0.2) is 5.82 Å². The van der Waals surface area contributed by atoms with E-state index < -0.39 is 11.4 Å². The van der Waals surface area contributed by atoms with Crippen molar-refractivity contribution in [3.8, 4) is 11.3 Å². The maximum atomic E-state index is 14.6. The number of carbonyl (C=O) groups excluding carboxylic acids is 2. The molecule has 2 aliphatic heterocycles. The fourth-order valence-electron chi connectivity index (χ4n) is 3.97. The second-order valence-electron chi connectivity index (χ2n) is 9.42. The summed E-state index contributed by atoms with van der Waals surface area (Å²) < 4.78 is 25.3. The first-order valence-electron chi connectivity index (χ1n) is 11.5. The van der Waals surface area contributed by atoms with Gasteiger partial charge in [-0.15, -0.1) is 0 Å². The Bertz CT molecular complexity index is 1050. The van der Waals surface area contributed by atoms with Crippen molar-refractivity contribution in [1.29, 1.82) is 0 Å². The summed E-state index contributed by atoms with van der Waals surface area (Å²) >= 11 is 0. The number of hydrogen-bond donors (Lipinski definition) is 1. The number of carbonyl (C=O) groups is 2. The van der Waals surface area contributed by atoms with Gasteiger partial charge >= 0.3 is 6.09 Å². The van der Waals surface area contributed by atoms with Crippen LogP contribution in [0.1, 0.15) is 33.6 Å². The number of anilines is 2. The first-order chi connectivity index (χ1) is 16.2. The van der Waals surface area contributed by atoms with E-state index >= 15 is 0 Å². The SMILES string of the molecule is CC(C)(C)OC(=O)N1CCC(Nc2ncc(F)c(-c3cccc(N4CCOCC4=O)c3)n2)CC1. The summed E-state index contributed by atoms with van der Waals surface area (Å²) in [6.45, 7) is 7.58. The highest BCUT2D eigenvalue weighted by Gasteiger charge is 2.27. The maximum Gasteiger partial charge on any atom is 0.410 e. The minimum Gasteiger partial charge on any atom is -0.444 e. The molecular formula is C24H30FN5O4. The normalized spacial score (nSPS) is 17.6. The van der Waals surface area contributed by atoms with Crippen molar-refractivity contribution >= 4 is 23.6 Å². The Kier molecular flexibility index (Phi) is 6.97. The average molecular weight is 472 g/mol. The lowest BCUT2D eigenvalue weighted by Crippen LogP contribution is -2.44. The maximum absolute atomic E-state index is 14.6. The van der Waals surface area contributed by atoms with Crippen molar-refractivity contribution < 1.29 is 23.5 Å². The largest absolute Gasteiger partial charge is 0.444 e. The van der Waals surface area contributed by atoms with Gasteiger partial charge in [0.05, 0.1) is 12.8 Å². The van der Waals surface area contributed by atoms with Crippen LogP contribution in [0.25, 0.3) is 11.3 Å². The molecule has 0 spiro atoms. The van der Waals surface area contributed by atoms with Crippen LogP contribution >= 0.6 is 0 Å². The first-order valence-corrected chi connectivity index (χ1v) is 11.5. The van der Waals surface area contributed by atoms with E-state index in [1.165, 1.54) is 0 Å². The molecule has 0 aliphatic carbocycles. The molecule has 1 aromatic heterocycles. The number of likely N-dealkylation sites (tertiary alicyclic amines) is 1. The number of morpholine rings is 1. The molecule has 0 saturated carbocycles. The van der Waals surface area contributed by atoms with E-state index in [1.54, 1.807) is 28.0 Å². The number of halogens is 1.